The van der Waals surface area contributed by atoms with Gasteiger partial charge in [-0.3, -0.25) is 0 Å². The van der Waals surface area contributed by atoms with Crippen molar-refractivity contribution in [3.8, 4) is 11.1 Å². The van der Waals surface area contributed by atoms with Crippen LogP contribution in [0.5, 0.6) is 0 Å². The molecule has 6 aliphatic carbocycles. The highest BCUT2D eigenvalue weighted by Crippen LogP contribution is 2.62. The van der Waals surface area contributed by atoms with Crippen molar-refractivity contribution in [2.24, 2.45) is 33.0 Å². The molecule has 0 N–H and O–H groups in total. The summed E-state index contributed by atoms with van der Waals surface area (Å²) >= 11 is 0. The minimum absolute atomic E-state index is 0.0130. The van der Waals surface area contributed by atoms with Gasteiger partial charge < -0.3 is 14.2 Å². The van der Waals surface area contributed by atoms with Crippen LogP contribution < -0.4 is 15.5 Å². The molecular weight excluding hydrogens is 908 g/mol. The van der Waals surface area contributed by atoms with Crippen molar-refractivity contribution in [1.29, 1.82) is 0 Å². The van der Waals surface area contributed by atoms with Crippen LogP contribution in [0.3, 0.4) is 0 Å². The zero-order chi connectivity index (χ0) is 53.7. The van der Waals surface area contributed by atoms with E-state index in [1.807, 2.05) is 0 Å². The Morgan fingerprint density at radius 2 is 1.25 bits per heavy atom. The number of nitrogens with zero attached hydrogens (tertiary/aromatic N) is 2. The first-order valence-electron chi connectivity index (χ1n) is 29.5. The molecule has 75 heavy (non-hydrogen) atoms. The third-order valence-electron chi connectivity index (χ3n) is 21.6. The minimum Gasteiger partial charge on any atom is -0.468 e. The van der Waals surface area contributed by atoms with E-state index in [9.17, 15) is 0 Å². The summed E-state index contributed by atoms with van der Waals surface area (Å²) in [6, 6.07) is 24.4. The molecule has 0 bridgehead atoms. The number of rotatable bonds is 3. The van der Waals surface area contributed by atoms with Gasteiger partial charge in [0.1, 0.15) is 5.58 Å². The third kappa shape index (κ3) is 7.75. The van der Waals surface area contributed by atoms with E-state index >= 15 is 0 Å². The van der Waals surface area contributed by atoms with Gasteiger partial charge in [-0.25, -0.2) is 0 Å². The lowest BCUT2D eigenvalue weighted by Crippen LogP contribution is -2.61. The first kappa shape index (κ1) is 51.1. The number of fused-ring (bicyclic) bond motifs is 7. The van der Waals surface area contributed by atoms with Crippen molar-refractivity contribution >= 4 is 34.7 Å². The molecule has 3 nitrogen and oxygen atoms in total. The number of allylic oxidation sites excluding steroid dienone is 7. The van der Waals surface area contributed by atoms with E-state index in [2.05, 4.69) is 220 Å². The number of hydrogen-bond acceptors (Lipinski definition) is 3. The highest BCUT2D eigenvalue weighted by atomic mass is 16.3. The summed E-state index contributed by atoms with van der Waals surface area (Å²) in [7, 11) is 0. The predicted molar refractivity (Wildman–Crippen MR) is 321 cm³/mol. The van der Waals surface area contributed by atoms with Gasteiger partial charge in [-0.05, 0) is 183 Å². The van der Waals surface area contributed by atoms with E-state index in [1.54, 1.807) is 27.8 Å². The van der Waals surface area contributed by atoms with Crippen LogP contribution in [0.4, 0.5) is 11.4 Å². The Morgan fingerprint density at radius 3 is 1.92 bits per heavy atom. The monoisotopic (exact) mass is 999 g/mol. The van der Waals surface area contributed by atoms with E-state index in [4.69, 9.17) is 4.42 Å². The highest BCUT2D eigenvalue weighted by Gasteiger charge is 2.57. The third-order valence-corrected chi connectivity index (χ3v) is 21.6. The van der Waals surface area contributed by atoms with Crippen molar-refractivity contribution in [3.05, 3.63) is 146 Å². The van der Waals surface area contributed by atoms with Crippen LogP contribution in [0.2, 0.25) is 0 Å². The topological polar surface area (TPSA) is 19.6 Å². The van der Waals surface area contributed by atoms with Crippen molar-refractivity contribution in [3.63, 3.8) is 0 Å². The fraction of sp³-hybridized carbons (Fsp3) is 0.549. The Morgan fingerprint density at radius 1 is 0.613 bits per heavy atom. The van der Waals surface area contributed by atoms with Crippen LogP contribution in [0, 0.1) is 33.0 Å². The summed E-state index contributed by atoms with van der Waals surface area (Å²) in [5.41, 5.74) is 26.4. The molecule has 3 atom stereocenters. The maximum Gasteiger partial charge on any atom is 0.292 e. The molecule has 8 aliphatic rings. The molecule has 3 aromatic carbocycles. The molecule has 0 radical (unpaired) electrons. The number of furan rings is 1. The number of benzene rings is 3. The average Bonchev–Trinajstić information content (AvgIpc) is 3.78. The lowest BCUT2D eigenvalue weighted by Gasteiger charge is -2.57. The summed E-state index contributed by atoms with van der Waals surface area (Å²) < 4.78 is 7.75. The second kappa shape index (κ2) is 16.2. The molecular formula is C71H91BN2O. The van der Waals surface area contributed by atoms with Gasteiger partial charge in [-0.2, -0.15) is 0 Å². The molecule has 1 saturated carbocycles. The van der Waals surface area contributed by atoms with Crippen LogP contribution in [0.25, 0.3) is 22.1 Å². The summed E-state index contributed by atoms with van der Waals surface area (Å²) in [5, 5.41) is 1.29. The summed E-state index contributed by atoms with van der Waals surface area (Å²) in [6.07, 6.45) is 18.5. The molecule has 2 aliphatic heterocycles. The molecule has 1 fully saturated rings. The molecule has 12 rings (SSSR count). The highest BCUT2D eigenvalue weighted by molar-refractivity contribution is 6.88. The summed E-state index contributed by atoms with van der Waals surface area (Å²) in [6.45, 7) is 47.4. The molecule has 4 heteroatoms. The van der Waals surface area contributed by atoms with Gasteiger partial charge in [-0.1, -0.05) is 195 Å². The Bertz CT molecular complexity index is 3290. The zero-order valence-electron chi connectivity index (χ0n) is 50.0. The van der Waals surface area contributed by atoms with Gasteiger partial charge in [0.25, 0.3) is 6.71 Å². The van der Waals surface area contributed by atoms with Gasteiger partial charge in [0.2, 0.25) is 0 Å². The Balaban J connectivity index is 1.22. The van der Waals surface area contributed by atoms with Crippen molar-refractivity contribution in [2.75, 3.05) is 9.80 Å². The average molecular weight is 999 g/mol. The summed E-state index contributed by atoms with van der Waals surface area (Å²) in [4.78, 5) is 5.91. The lowest BCUT2D eigenvalue weighted by atomic mass is 9.31. The molecule has 3 heterocycles. The van der Waals surface area contributed by atoms with E-state index in [0.717, 1.165) is 30.5 Å². The standard InChI is InChI=1S/C71H91BN2O/c1-42-33-48-51(69(14,15)30-27-66(48,8)9)39-55(42)74-59-36-45(65(5,6)7)35-58-61(59)72(63-62(74)47-34-44(64(2,3)4)25-26-60(47)75-63)54-38-50-53(71(18,19)32-29-68(50,12)13)41-57(54)73(58)56-40-52-49(67(10,11)28-31-70(52,16)17)37-46(56)43-23-21-20-22-24-43/h20-26,33-35,37-38,40,53,55,59H,27-32,36,39,41H2,1-19H3. The largest absolute Gasteiger partial charge is 0.468 e. The molecule has 394 valence electrons. The van der Waals surface area contributed by atoms with Crippen molar-refractivity contribution < 1.29 is 4.42 Å². The maximum absolute atomic E-state index is 7.75. The number of hydrogen-bond donors (Lipinski definition) is 0. The SMILES string of the molecule is CC1=CC2=C(CC1N1c3c(oc4ccc(C(C)(C)C)cc34)B3C4=C(CC5C(=C4)C(C)(C)CCC5(C)C)N(c4cc5c(cc4-c4ccccc4)C(C)(C)CCC5(C)C)C4=C3C1CC(C(C)(C)C)=C4)C(C)(C)CCC2(C)C. The zero-order valence-corrected chi connectivity index (χ0v) is 50.0. The van der Waals surface area contributed by atoms with E-state index in [-0.39, 0.29) is 62.1 Å². The van der Waals surface area contributed by atoms with Gasteiger partial charge >= 0.3 is 0 Å². The van der Waals surface area contributed by atoms with Gasteiger partial charge in [0, 0.05) is 22.3 Å². The molecule has 3 unspecified atom stereocenters. The molecule has 0 spiro atoms. The fourth-order valence-electron chi connectivity index (χ4n) is 16.1. The Labute approximate surface area is 454 Å². The van der Waals surface area contributed by atoms with Crippen molar-refractivity contribution in [2.45, 2.75) is 218 Å². The van der Waals surface area contributed by atoms with Crippen LogP contribution >= 0.6 is 0 Å². The van der Waals surface area contributed by atoms with Crippen molar-refractivity contribution in [1.82, 2.24) is 0 Å². The molecule has 4 aromatic rings. The quantitative estimate of drug-likeness (QED) is 0.191. The second-order valence-electron chi connectivity index (χ2n) is 31.4. The minimum atomic E-state index is -0.0557. The smallest absolute Gasteiger partial charge is 0.292 e. The maximum atomic E-state index is 7.75. The fourth-order valence-corrected chi connectivity index (χ4v) is 16.1. The van der Waals surface area contributed by atoms with E-state index in [1.165, 1.54) is 106 Å². The Hall–Kier alpha value is -4.70. The van der Waals surface area contributed by atoms with E-state index < -0.39 is 0 Å². The number of anilines is 2. The van der Waals surface area contributed by atoms with Crippen LogP contribution in [-0.2, 0) is 16.2 Å². The normalized spacial score (nSPS) is 26.9. The first-order valence-corrected chi connectivity index (χ1v) is 29.5. The second-order valence-corrected chi connectivity index (χ2v) is 31.4. The predicted octanol–water partition coefficient (Wildman–Crippen LogP) is 18.8. The Kier molecular flexibility index (Phi) is 11.0. The van der Waals surface area contributed by atoms with Gasteiger partial charge in [0.05, 0.1) is 29.1 Å². The van der Waals surface area contributed by atoms with Gasteiger partial charge in [0.15, 0.2) is 0 Å². The van der Waals surface area contributed by atoms with Gasteiger partial charge in [-0.15, -0.1) is 0 Å². The lowest BCUT2D eigenvalue weighted by molar-refractivity contribution is 0.121. The first-order chi connectivity index (χ1) is 34.8. The molecule has 0 amide bonds. The van der Waals surface area contributed by atoms with Crippen LogP contribution in [-0.4, -0.2) is 18.8 Å². The summed E-state index contributed by atoms with van der Waals surface area (Å²) in [5.74, 6) is 0.424. The molecule has 0 saturated heterocycles. The molecule has 1 aromatic heterocycles. The van der Waals surface area contributed by atoms with Crippen LogP contribution in [0.15, 0.2) is 134 Å². The van der Waals surface area contributed by atoms with Crippen LogP contribution in [0.1, 0.15) is 206 Å². The van der Waals surface area contributed by atoms with E-state index in [0.29, 0.717) is 5.92 Å².